The molecule has 1 aliphatic carbocycles. The summed E-state index contributed by atoms with van der Waals surface area (Å²) >= 11 is 0. The highest BCUT2D eigenvalue weighted by Crippen LogP contribution is 2.22. The van der Waals surface area contributed by atoms with Gasteiger partial charge < -0.3 is 15.4 Å². The van der Waals surface area contributed by atoms with Gasteiger partial charge in [0, 0.05) is 7.11 Å². The summed E-state index contributed by atoms with van der Waals surface area (Å²) in [4.78, 5) is 12.3. The fourth-order valence-corrected chi connectivity index (χ4v) is 3.25. The Morgan fingerprint density at radius 1 is 1.38 bits per heavy atom. The number of ether oxygens (including phenoxy) is 1. The molecule has 2 unspecified atom stereocenters. The van der Waals surface area contributed by atoms with Crippen molar-refractivity contribution in [2.75, 3.05) is 20.2 Å². The summed E-state index contributed by atoms with van der Waals surface area (Å²) in [5.41, 5.74) is 0.398. The van der Waals surface area contributed by atoms with Crippen molar-refractivity contribution in [3.8, 4) is 0 Å². The predicted octanol–water partition coefficient (Wildman–Crippen LogP) is 0.500. The van der Waals surface area contributed by atoms with E-state index in [4.69, 9.17) is 4.74 Å². The minimum atomic E-state index is -0.149. The summed E-state index contributed by atoms with van der Waals surface area (Å²) in [6, 6.07) is 0.435. The first-order chi connectivity index (χ1) is 10.3. The third kappa shape index (κ3) is 3.24. The number of hydrogen-bond donors (Lipinski definition) is 2. The van der Waals surface area contributed by atoms with Crippen molar-refractivity contribution >= 4 is 5.91 Å². The highest BCUT2D eigenvalue weighted by Gasteiger charge is 2.29. The van der Waals surface area contributed by atoms with Gasteiger partial charge in [0.15, 0.2) is 5.69 Å². The number of nitrogens with zero attached hydrogens (tertiary/aromatic N) is 3. The second kappa shape index (κ2) is 6.53. The third-order valence-electron chi connectivity index (χ3n) is 4.50. The molecule has 0 spiro atoms. The van der Waals surface area contributed by atoms with Gasteiger partial charge >= 0.3 is 0 Å². The second-order valence-electron chi connectivity index (χ2n) is 5.85. The number of carbonyl (C=O) groups excluding carboxylic acids is 1. The first-order valence-corrected chi connectivity index (χ1v) is 7.74. The van der Waals surface area contributed by atoms with E-state index in [-0.39, 0.29) is 18.1 Å². The molecule has 1 aliphatic heterocycles. The number of methoxy groups -OCH3 is 1. The zero-order valence-electron chi connectivity index (χ0n) is 12.4. The van der Waals surface area contributed by atoms with E-state index >= 15 is 0 Å². The van der Waals surface area contributed by atoms with Crippen molar-refractivity contribution in [3.63, 3.8) is 0 Å². The lowest BCUT2D eigenvalue weighted by Gasteiger charge is -2.22. The van der Waals surface area contributed by atoms with Crippen LogP contribution in [0.3, 0.4) is 0 Å². The molecule has 1 saturated heterocycles. The van der Waals surface area contributed by atoms with E-state index in [9.17, 15) is 4.79 Å². The van der Waals surface area contributed by atoms with Crippen LogP contribution in [0.5, 0.6) is 0 Å². The molecule has 3 rings (SSSR count). The Morgan fingerprint density at radius 3 is 2.95 bits per heavy atom. The third-order valence-corrected chi connectivity index (χ3v) is 4.50. The van der Waals surface area contributed by atoms with Gasteiger partial charge in [-0.15, -0.1) is 5.10 Å². The highest BCUT2D eigenvalue weighted by molar-refractivity contribution is 5.92. The van der Waals surface area contributed by atoms with Crippen LogP contribution in [0.15, 0.2) is 6.20 Å². The summed E-state index contributed by atoms with van der Waals surface area (Å²) in [7, 11) is 1.70. The molecule has 1 aromatic heterocycles. The Bertz CT molecular complexity index is 483. The van der Waals surface area contributed by atoms with Gasteiger partial charge in [0.2, 0.25) is 0 Å². The van der Waals surface area contributed by atoms with Crippen molar-refractivity contribution in [1.29, 1.82) is 0 Å². The fraction of sp³-hybridized carbons (Fsp3) is 0.786. The smallest absolute Gasteiger partial charge is 0.273 e. The van der Waals surface area contributed by atoms with Gasteiger partial charge in [0.05, 0.1) is 24.4 Å². The molecule has 7 heteroatoms. The van der Waals surface area contributed by atoms with Gasteiger partial charge in [-0.3, -0.25) is 4.79 Å². The number of aromatic nitrogens is 3. The summed E-state index contributed by atoms with van der Waals surface area (Å²) in [5.74, 6) is -0.149. The SMILES string of the molecule is COC1CCCC1NC(=O)c1cn(C2CCNCC2)nn1. The van der Waals surface area contributed by atoms with Crippen molar-refractivity contribution in [1.82, 2.24) is 25.6 Å². The molecule has 0 aromatic carbocycles. The molecule has 1 amide bonds. The Balaban J connectivity index is 1.61. The van der Waals surface area contributed by atoms with E-state index in [1.54, 1.807) is 13.3 Å². The number of amides is 1. The maximum absolute atomic E-state index is 12.3. The Hall–Kier alpha value is -1.47. The van der Waals surface area contributed by atoms with Gasteiger partial charge in [-0.25, -0.2) is 4.68 Å². The molecule has 1 aromatic rings. The quantitative estimate of drug-likeness (QED) is 0.845. The average Bonchev–Trinajstić information content (AvgIpc) is 3.17. The first-order valence-electron chi connectivity index (χ1n) is 7.74. The molecule has 2 N–H and O–H groups in total. The van der Waals surface area contributed by atoms with Crippen molar-refractivity contribution in [2.45, 2.75) is 50.3 Å². The summed E-state index contributed by atoms with van der Waals surface area (Å²) in [5, 5.41) is 14.5. The molecule has 7 nitrogen and oxygen atoms in total. The number of carbonyl (C=O) groups is 1. The minimum absolute atomic E-state index is 0.0894. The molecule has 2 atom stereocenters. The lowest BCUT2D eigenvalue weighted by Crippen LogP contribution is -2.40. The van der Waals surface area contributed by atoms with Crippen LogP contribution in [-0.2, 0) is 4.74 Å². The van der Waals surface area contributed by atoms with Gasteiger partial charge in [-0.2, -0.15) is 0 Å². The van der Waals surface area contributed by atoms with Crippen molar-refractivity contribution in [3.05, 3.63) is 11.9 Å². The van der Waals surface area contributed by atoms with Crippen LogP contribution in [0.1, 0.15) is 48.6 Å². The van der Waals surface area contributed by atoms with Crippen LogP contribution in [0.25, 0.3) is 0 Å². The molecule has 2 heterocycles. The van der Waals surface area contributed by atoms with E-state index in [1.165, 1.54) is 0 Å². The topological polar surface area (TPSA) is 81.1 Å². The molecular weight excluding hydrogens is 270 g/mol. The Labute approximate surface area is 124 Å². The van der Waals surface area contributed by atoms with Crippen LogP contribution in [0.2, 0.25) is 0 Å². The standard InChI is InChI=1S/C14H23N5O2/c1-21-13-4-2-3-11(13)16-14(20)12-9-19(18-17-12)10-5-7-15-8-6-10/h9-11,13,15H,2-8H2,1H3,(H,16,20). The Morgan fingerprint density at radius 2 is 2.19 bits per heavy atom. The highest BCUT2D eigenvalue weighted by atomic mass is 16.5. The molecule has 0 radical (unpaired) electrons. The molecular formula is C14H23N5O2. The lowest BCUT2D eigenvalue weighted by atomic mass is 10.1. The largest absolute Gasteiger partial charge is 0.379 e. The Kier molecular flexibility index (Phi) is 4.50. The van der Waals surface area contributed by atoms with E-state index < -0.39 is 0 Å². The molecule has 2 fully saturated rings. The van der Waals surface area contributed by atoms with Crippen LogP contribution in [-0.4, -0.2) is 53.2 Å². The zero-order chi connectivity index (χ0) is 14.7. The number of piperidine rings is 1. The predicted molar refractivity (Wildman–Crippen MR) is 77.1 cm³/mol. The normalized spacial score (nSPS) is 26.9. The maximum atomic E-state index is 12.3. The van der Waals surface area contributed by atoms with Gasteiger partial charge in [-0.1, -0.05) is 5.21 Å². The van der Waals surface area contributed by atoms with Crippen molar-refractivity contribution < 1.29 is 9.53 Å². The van der Waals surface area contributed by atoms with E-state index in [0.29, 0.717) is 11.7 Å². The van der Waals surface area contributed by atoms with Gasteiger partial charge in [0.25, 0.3) is 5.91 Å². The van der Waals surface area contributed by atoms with E-state index in [1.807, 2.05) is 4.68 Å². The van der Waals surface area contributed by atoms with Crippen molar-refractivity contribution in [2.24, 2.45) is 0 Å². The lowest BCUT2D eigenvalue weighted by molar-refractivity contribution is 0.0719. The molecule has 21 heavy (non-hydrogen) atoms. The summed E-state index contributed by atoms with van der Waals surface area (Å²) in [6.45, 7) is 1.98. The summed E-state index contributed by atoms with van der Waals surface area (Å²) in [6.07, 6.45) is 6.99. The van der Waals surface area contributed by atoms with Crippen LogP contribution in [0, 0.1) is 0 Å². The first kappa shape index (κ1) is 14.5. The average molecular weight is 293 g/mol. The molecule has 1 saturated carbocycles. The number of nitrogens with one attached hydrogen (secondary N) is 2. The zero-order valence-corrected chi connectivity index (χ0v) is 12.4. The van der Waals surface area contributed by atoms with Crippen LogP contribution < -0.4 is 10.6 Å². The van der Waals surface area contributed by atoms with E-state index in [2.05, 4.69) is 20.9 Å². The number of rotatable bonds is 4. The minimum Gasteiger partial charge on any atom is -0.379 e. The molecule has 2 aliphatic rings. The van der Waals surface area contributed by atoms with Crippen LogP contribution in [0.4, 0.5) is 0 Å². The molecule has 0 bridgehead atoms. The monoisotopic (exact) mass is 293 g/mol. The van der Waals surface area contributed by atoms with Gasteiger partial charge in [-0.05, 0) is 45.2 Å². The second-order valence-corrected chi connectivity index (χ2v) is 5.85. The van der Waals surface area contributed by atoms with Gasteiger partial charge in [0.1, 0.15) is 0 Å². The van der Waals surface area contributed by atoms with E-state index in [0.717, 1.165) is 45.2 Å². The van der Waals surface area contributed by atoms with Crippen LogP contribution >= 0.6 is 0 Å². The molecule has 116 valence electrons. The fourth-order valence-electron chi connectivity index (χ4n) is 3.25. The summed E-state index contributed by atoms with van der Waals surface area (Å²) < 4.78 is 7.23. The number of hydrogen-bond acceptors (Lipinski definition) is 5. The maximum Gasteiger partial charge on any atom is 0.273 e.